The summed E-state index contributed by atoms with van der Waals surface area (Å²) in [6.45, 7) is 3.79. The zero-order valence-electron chi connectivity index (χ0n) is 16.7. The Morgan fingerprint density at radius 2 is 2.03 bits per heavy atom. The molecule has 0 spiro atoms. The summed E-state index contributed by atoms with van der Waals surface area (Å²) in [5, 5.41) is 9.65. The number of nitrogens with zero attached hydrogens (tertiary/aromatic N) is 4. The molecule has 2 aromatic heterocycles. The predicted molar refractivity (Wildman–Crippen MR) is 113 cm³/mol. The van der Waals surface area contributed by atoms with E-state index in [-0.39, 0.29) is 11.5 Å². The van der Waals surface area contributed by atoms with Crippen LogP contribution in [0.5, 0.6) is 11.5 Å². The third-order valence-electron chi connectivity index (χ3n) is 4.34. The van der Waals surface area contributed by atoms with Crippen molar-refractivity contribution in [3.63, 3.8) is 0 Å². The topological polar surface area (TPSA) is 122 Å². The Labute approximate surface area is 173 Å². The molecule has 0 saturated heterocycles. The molecule has 8 nitrogen and oxygen atoms in total. The Hall–Kier alpha value is -3.88. The molecule has 0 aliphatic heterocycles. The van der Waals surface area contributed by atoms with Crippen molar-refractivity contribution >= 4 is 17.3 Å². The summed E-state index contributed by atoms with van der Waals surface area (Å²) in [6.07, 6.45) is 2.48. The number of ether oxygens (including phenoxy) is 1. The SMILES string of the molecule is Cc1ccc(Oc2ccnc(Nc3cc(CC/C(N=N)=N/N)ccc3F)c2)c(C)n1. The van der Waals surface area contributed by atoms with Crippen LogP contribution in [0, 0.1) is 25.2 Å². The van der Waals surface area contributed by atoms with Crippen molar-refractivity contribution in [3.8, 4) is 11.5 Å². The number of hydrogen-bond donors (Lipinski definition) is 3. The van der Waals surface area contributed by atoms with Crippen LogP contribution in [-0.4, -0.2) is 15.8 Å². The van der Waals surface area contributed by atoms with Gasteiger partial charge in [0.25, 0.3) is 0 Å². The standard InChI is InChI=1S/C21H22FN7O/c1-13-3-7-19(14(2)26-13)30-16-9-10-25-21(12-16)27-18-11-15(4-6-17(18)22)5-8-20(28-23)29-24/h3-4,6-7,9-12,23H,5,8,24H2,1-2H3,(H,25,27)/b28-23?,29-20-. The maximum atomic E-state index is 14.3. The molecule has 9 heteroatoms. The third-order valence-corrected chi connectivity index (χ3v) is 4.34. The molecule has 3 aromatic rings. The van der Waals surface area contributed by atoms with E-state index in [0.29, 0.717) is 30.2 Å². The Morgan fingerprint density at radius 1 is 1.20 bits per heavy atom. The monoisotopic (exact) mass is 407 g/mol. The minimum atomic E-state index is -0.414. The highest BCUT2D eigenvalue weighted by Crippen LogP contribution is 2.27. The third kappa shape index (κ3) is 5.34. The highest BCUT2D eigenvalue weighted by atomic mass is 19.1. The predicted octanol–water partition coefficient (Wildman–Crippen LogP) is 5.00. The van der Waals surface area contributed by atoms with E-state index in [9.17, 15) is 4.39 Å². The fraction of sp³-hybridized carbons (Fsp3) is 0.190. The molecular formula is C21H22FN7O. The molecular weight excluding hydrogens is 385 g/mol. The van der Waals surface area contributed by atoms with Crippen LogP contribution >= 0.6 is 0 Å². The van der Waals surface area contributed by atoms with Crippen LogP contribution in [0.4, 0.5) is 15.9 Å². The lowest BCUT2D eigenvalue weighted by molar-refractivity contribution is 0.475. The highest BCUT2D eigenvalue weighted by molar-refractivity contribution is 5.82. The van der Waals surface area contributed by atoms with Crippen molar-refractivity contribution in [1.82, 2.24) is 9.97 Å². The van der Waals surface area contributed by atoms with Crippen LogP contribution in [0.2, 0.25) is 0 Å². The van der Waals surface area contributed by atoms with Gasteiger partial charge in [0.2, 0.25) is 0 Å². The van der Waals surface area contributed by atoms with Gasteiger partial charge in [-0.15, -0.1) is 5.11 Å². The quantitative estimate of drug-likeness (QED) is 0.167. The van der Waals surface area contributed by atoms with E-state index in [2.05, 4.69) is 25.5 Å². The van der Waals surface area contributed by atoms with Crippen molar-refractivity contribution in [1.29, 1.82) is 5.53 Å². The lowest BCUT2D eigenvalue weighted by atomic mass is 10.1. The van der Waals surface area contributed by atoms with E-state index in [1.807, 2.05) is 26.0 Å². The summed E-state index contributed by atoms with van der Waals surface area (Å²) in [4.78, 5) is 8.62. The normalized spacial score (nSPS) is 11.2. The lowest BCUT2D eigenvalue weighted by Crippen LogP contribution is -2.02. The fourth-order valence-corrected chi connectivity index (χ4v) is 2.82. The van der Waals surface area contributed by atoms with Crippen LogP contribution in [0.3, 0.4) is 0 Å². The molecule has 0 saturated carbocycles. The number of anilines is 2. The highest BCUT2D eigenvalue weighted by Gasteiger charge is 2.09. The number of pyridine rings is 2. The number of benzene rings is 1. The summed E-state index contributed by atoms with van der Waals surface area (Å²) < 4.78 is 20.2. The van der Waals surface area contributed by atoms with Gasteiger partial charge in [0, 0.05) is 24.4 Å². The minimum absolute atomic E-state index is 0.223. The zero-order valence-corrected chi connectivity index (χ0v) is 16.7. The summed E-state index contributed by atoms with van der Waals surface area (Å²) in [5.41, 5.74) is 9.80. The second-order valence-electron chi connectivity index (χ2n) is 6.61. The van der Waals surface area contributed by atoms with Gasteiger partial charge < -0.3 is 15.9 Å². The number of rotatable bonds is 7. The van der Waals surface area contributed by atoms with Crippen molar-refractivity contribution in [2.24, 2.45) is 16.1 Å². The van der Waals surface area contributed by atoms with Gasteiger partial charge >= 0.3 is 0 Å². The van der Waals surface area contributed by atoms with E-state index in [1.54, 1.807) is 30.5 Å². The first-order chi connectivity index (χ1) is 14.5. The van der Waals surface area contributed by atoms with Gasteiger partial charge in [-0.2, -0.15) is 5.10 Å². The van der Waals surface area contributed by atoms with Gasteiger partial charge in [0.05, 0.1) is 11.4 Å². The van der Waals surface area contributed by atoms with Crippen molar-refractivity contribution in [3.05, 3.63) is 71.4 Å². The maximum absolute atomic E-state index is 14.3. The molecule has 154 valence electrons. The first-order valence-corrected chi connectivity index (χ1v) is 9.26. The van der Waals surface area contributed by atoms with E-state index >= 15 is 0 Å². The van der Waals surface area contributed by atoms with Gasteiger partial charge in [-0.1, -0.05) is 6.07 Å². The van der Waals surface area contributed by atoms with Crippen molar-refractivity contribution in [2.45, 2.75) is 26.7 Å². The van der Waals surface area contributed by atoms with E-state index in [4.69, 9.17) is 16.1 Å². The molecule has 1 aromatic carbocycles. The molecule has 2 heterocycles. The maximum Gasteiger partial charge on any atom is 0.170 e. The number of amidine groups is 1. The summed E-state index contributed by atoms with van der Waals surface area (Å²) in [7, 11) is 0. The largest absolute Gasteiger partial charge is 0.455 e. The lowest BCUT2D eigenvalue weighted by Gasteiger charge is -2.12. The molecule has 30 heavy (non-hydrogen) atoms. The second kappa shape index (κ2) is 9.55. The summed E-state index contributed by atoms with van der Waals surface area (Å²) in [6, 6.07) is 11.8. The molecule has 0 fully saturated rings. The van der Waals surface area contributed by atoms with E-state index in [1.165, 1.54) is 6.07 Å². The molecule has 0 amide bonds. The Bertz CT molecular complexity index is 1080. The van der Waals surface area contributed by atoms with E-state index < -0.39 is 5.82 Å². The first-order valence-electron chi connectivity index (χ1n) is 9.26. The molecule has 0 aliphatic rings. The average Bonchev–Trinajstić information content (AvgIpc) is 2.73. The Balaban J connectivity index is 1.75. The van der Waals surface area contributed by atoms with Gasteiger partial charge in [-0.05, 0) is 56.2 Å². The number of aromatic nitrogens is 2. The van der Waals surface area contributed by atoms with Crippen LogP contribution in [0.1, 0.15) is 23.4 Å². The molecule has 4 N–H and O–H groups in total. The number of hydrazone groups is 1. The molecule has 0 radical (unpaired) electrons. The van der Waals surface area contributed by atoms with Crippen LogP contribution in [0.25, 0.3) is 0 Å². The molecule has 0 bridgehead atoms. The van der Waals surface area contributed by atoms with Crippen LogP contribution in [0.15, 0.2) is 58.9 Å². The van der Waals surface area contributed by atoms with Crippen molar-refractivity contribution in [2.75, 3.05) is 5.32 Å². The summed E-state index contributed by atoms with van der Waals surface area (Å²) in [5.74, 6) is 6.61. The number of halogens is 1. The van der Waals surface area contributed by atoms with Gasteiger partial charge in [0.15, 0.2) is 5.84 Å². The smallest absolute Gasteiger partial charge is 0.170 e. The number of nitrogens with one attached hydrogen (secondary N) is 2. The summed E-state index contributed by atoms with van der Waals surface area (Å²) >= 11 is 0. The Kier molecular flexibility index (Phi) is 6.63. The fourth-order valence-electron chi connectivity index (χ4n) is 2.82. The Morgan fingerprint density at radius 3 is 2.77 bits per heavy atom. The van der Waals surface area contributed by atoms with Crippen LogP contribution < -0.4 is 15.9 Å². The molecule has 0 aliphatic carbocycles. The van der Waals surface area contributed by atoms with Gasteiger partial charge in [-0.25, -0.2) is 14.9 Å². The molecule has 0 atom stereocenters. The zero-order chi connectivity index (χ0) is 21.5. The van der Waals surface area contributed by atoms with Gasteiger partial charge in [0.1, 0.15) is 23.1 Å². The van der Waals surface area contributed by atoms with E-state index in [0.717, 1.165) is 17.0 Å². The minimum Gasteiger partial charge on any atom is -0.455 e. The first kappa shape index (κ1) is 20.8. The van der Waals surface area contributed by atoms with Crippen LogP contribution in [-0.2, 0) is 6.42 Å². The molecule has 0 unspecified atom stereocenters. The average molecular weight is 407 g/mol. The van der Waals surface area contributed by atoms with Crippen molar-refractivity contribution < 1.29 is 9.13 Å². The number of aryl methyl sites for hydroxylation is 3. The second-order valence-corrected chi connectivity index (χ2v) is 6.61. The molecule has 3 rings (SSSR count). The van der Waals surface area contributed by atoms with Gasteiger partial charge in [-0.3, -0.25) is 4.98 Å². The number of nitrogens with two attached hydrogens (primary N) is 1. The number of hydrogen-bond acceptors (Lipinski definition) is 7.